The van der Waals surface area contributed by atoms with E-state index in [-0.39, 0.29) is 0 Å². The second-order valence-corrected chi connectivity index (χ2v) is 4.66. The zero-order valence-electron chi connectivity index (χ0n) is 9.92. The average molecular weight is 223 g/mol. The zero-order chi connectivity index (χ0) is 11.5. The molecule has 1 heteroatoms. The monoisotopic (exact) mass is 223 g/mol. The van der Waals surface area contributed by atoms with E-state index >= 15 is 0 Å². The third-order valence-corrected chi connectivity index (χ3v) is 3.43. The van der Waals surface area contributed by atoms with Crippen molar-refractivity contribution in [3.8, 4) is 0 Å². The van der Waals surface area contributed by atoms with E-state index in [9.17, 15) is 0 Å². The van der Waals surface area contributed by atoms with Crippen LogP contribution in [0.1, 0.15) is 17.2 Å². The van der Waals surface area contributed by atoms with Crippen LogP contribution >= 0.6 is 0 Å². The van der Waals surface area contributed by atoms with Crippen molar-refractivity contribution in [2.75, 3.05) is 13.1 Å². The predicted octanol–water partition coefficient (Wildman–Crippen LogP) is 3.29. The molecule has 0 bridgehead atoms. The van der Waals surface area contributed by atoms with Gasteiger partial charge in [-0.15, -0.1) is 0 Å². The maximum atomic E-state index is 2.53. The van der Waals surface area contributed by atoms with Crippen LogP contribution in [0, 0.1) is 0 Å². The molecule has 0 radical (unpaired) electrons. The lowest BCUT2D eigenvalue weighted by atomic mass is 10.1. The predicted molar refractivity (Wildman–Crippen MR) is 70.9 cm³/mol. The molecule has 17 heavy (non-hydrogen) atoms. The molecule has 2 aromatic carbocycles. The molecule has 0 spiro atoms. The SMILES string of the molecule is c1ccc(CCN2CC2c2ccccc2)cc1. The summed E-state index contributed by atoms with van der Waals surface area (Å²) in [6.07, 6.45) is 1.16. The molecule has 0 N–H and O–H groups in total. The highest BCUT2D eigenvalue weighted by Crippen LogP contribution is 2.34. The van der Waals surface area contributed by atoms with Crippen LogP contribution in [-0.2, 0) is 6.42 Å². The van der Waals surface area contributed by atoms with Gasteiger partial charge in [0.05, 0.1) is 0 Å². The van der Waals surface area contributed by atoms with E-state index in [1.54, 1.807) is 0 Å². The molecule has 86 valence electrons. The quantitative estimate of drug-likeness (QED) is 0.719. The molecule has 2 unspecified atom stereocenters. The molecule has 0 amide bonds. The highest BCUT2D eigenvalue weighted by molar-refractivity contribution is 5.24. The molecule has 1 aliphatic rings. The van der Waals surface area contributed by atoms with Crippen LogP contribution in [0.4, 0.5) is 0 Å². The van der Waals surface area contributed by atoms with Crippen molar-refractivity contribution >= 4 is 0 Å². The minimum absolute atomic E-state index is 0.667. The van der Waals surface area contributed by atoms with Crippen LogP contribution in [0.2, 0.25) is 0 Å². The minimum atomic E-state index is 0.667. The lowest BCUT2D eigenvalue weighted by Gasteiger charge is -2.04. The molecule has 0 aliphatic carbocycles. The number of hydrogen-bond acceptors (Lipinski definition) is 1. The highest BCUT2D eigenvalue weighted by atomic mass is 15.3. The molecule has 3 rings (SSSR count). The normalized spacial score (nSPS) is 22.4. The summed E-state index contributed by atoms with van der Waals surface area (Å²) in [6, 6.07) is 22.2. The van der Waals surface area contributed by atoms with E-state index in [0.29, 0.717) is 6.04 Å². The van der Waals surface area contributed by atoms with E-state index in [4.69, 9.17) is 0 Å². The van der Waals surface area contributed by atoms with E-state index in [1.807, 2.05) is 0 Å². The lowest BCUT2D eigenvalue weighted by molar-refractivity contribution is 0.516. The third kappa shape index (κ3) is 2.56. The molecule has 1 heterocycles. The Kier molecular flexibility index (Phi) is 2.93. The van der Waals surface area contributed by atoms with Crippen LogP contribution < -0.4 is 0 Å². The smallest absolute Gasteiger partial charge is 0.0476 e. The van der Waals surface area contributed by atoms with Gasteiger partial charge in [0.1, 0.15) is 0 Å². The Balaban J connectivity index is 1.53. The molecule has 0 saturated carbocycles. The summed E-state index contributed by atoms with van der Waals surface area (Å²) in [5.41, 5.74) is 2.90. The van der Waals surface area contributed by atoms with Crippen molar-refractivity contribution in [2.45, 2.75) is 12.5 Å². The van der Waals surface area contributed by atoms with E-state index in [2.05, 4.69) is 65.6 Å². The van der Waals surface area contributed by atoms with Gasteiger partial charge < -0.3 is 0 Å². The molecular weight excluding hydrogens is 206 g/mol. The van der Waals surface area contributed by atoms with Crippen LogP contribution in [0.15, 0.2) is 60.7 Å². The maximum Gasteiger partial charge on any atom is 0.0476 e. The van der Waals surface area contributed by atoms with E-state index in [1.165, 1.54) is 24.2 Å². The number of nitrogens with zero attached hydrogens (tertiary/aromatic N) is 1. The Bertz CT molecular complexity index is 463. The topological polar surface area (TPSA) is 3.01 Å². The Labute approximate surface area is 103 Å². The van der Waals surface area contributed by atoms with Crippen LogP contribution in [0.3, 0.4) is 0 Å². The molecular formula is C16H17N. The van der Waals surface area contributed by atoms with Crippen molar-refractivity contribution in [1.82, 2.24) is 4.90 Å². The molecule has 1 fully saturated rings. The molecule has 0 aromatic heterocycles. The van der Waals surface area contributed by atoms with Crippen molar-refractivity contribution in [1.29, 1.82) is 0 Å². The molecule has 2 aromatic rings. The summed E-state index contributed by atoms with van der Waals surface area (Å²) in [5.74, 6) is 0. The molecule has 1 aliphatic heterocycles. The maximum absolute atomic E-state index is 2.53. The van der Waals surface area contributed by atoms with Crippen LogP contribution in [0.5, 0.6) is 0 Å². The Morgan fingerprint density at radius 2 is 1.53 bits per heavy atom. The average Bonchev–Trinajstić information content (AvgIpc) is 3.18. The summed E-state index contributed by atoms with van der Waals surface area (Å²) >= 11 is 0. The van der Waals surface area contributed by atoms with Gasteiger partial charge in [0.25, 0.3) is 0 Å². The van der Waals surface area contributed by atoms with Gasteiger partial charge in [-0.25, -0.2) is 0 Å². The lowest BCUT2D eigenvalue weighted by Crippen LogP contribution is -2.04. The first kappa shape index (κ1) is 10.5. The van der Waals surface area contributed by atoms with Crippen LogP contribution in [-0.4, -0.2) is 18.0 Å². The largest absolute Gasteiger partial charge is 0.293 e. The fourth-order valence-corrected chi connectivity index (χ4v) is 2.33. The van der Waals surface area contributed by atoms with Crippen molar-refractivity contribution in [2.24, 2.45) is 0 Å². The fraction of sp³-hybridized carbons (Fsp3) is 0.250. The number of rotatable bonds is 4. The minimum Gasteiger partial charge on any atom is -0.293 e. The second kappa shape index (κ2) is 4.72. The van der Waals surface area contributed by atoms with Crippen molar-refractivity contribution in [3.63, 3.8) is 0 Å². The Hall–Kier alpha value is -1.60. The van der Waals surface area contributed by atoms with Crippen LogP contribution in [0.25, 0.3) is 0 Å². The van der Waals surface area contributed by atoms with Crippen molar-refractivity contribution in [3.05, 3.63) is 71.8 Å². The highest BCUT2D eigenvalue weighted by Gasteiger charge is 2.34. The summed E-state index contributed by atoms with van der Waals surface area (Å²) in [7, 11) is 0. The van der Waals surface area contributed by atoms with Gasteiger partial charge in [-0.05, 0) is 17.5 Å². The molecule has 1 nitrogen and oxygen atoms in total. The summed E-state index contributed by atoms with van der Waals surface area (Å²) in [6.45, 7) is 2.39. The van der Waals surface area contributed by atoms with Gasteiger partial charge in [0.2, 0.25) is 0 Å². The van der Waals surface area contributed by atoms with Gasteiger partial charge in [-0.2, -0.15) is 0 Å². The molecule has 2 atom stereocenters. The first-order valence-corrected chi connectivity index (χ1v) is 6.26. The standard InChI is InChI=1S/C16H17N/c1-3-7-14(8-4-1)11-12-17-13-16(17)15-9-5-2-6-10-15/h1-10,16H,11-13H2. The second-order valence-electron chi connectivity index (χ2n) is 4.66. The summed E-state index contributed by atoms with van der Waals surface area (Å²) < 4.78 is 0. The Morgan fingerprint density at radius 1 is 0.882 bits per heavy atom. The fourth-order valence-electron chi connectivity index (χ4n) is 2.33. The first-order chi connectivity index (χ1) is 8.43. The third-order valence-electron chi connectivity index (χ3n) is 3.43. The number of hydrogen-bond donors (Lipinski definition) is 0. The first-order valence-electron chi connectivity index (χ1n) is 6.26. The van der Waals surface area contributed by atoms with Gasteiger partial charge in [-0.1, -0.05) is 60.7 Å². The van der Waals surface area contributed by atoms with Gasteiger partial charge in [-0.3, -0.25) is 4.90 Å². The molecule has 1 saturated heterocycles. The van der Waals surface area contributed by atoms with Crippen molar-refractivity contribution < 1.29 is 0 Å². The summed E-state index contributed by atoms with van der Waals surface area (Å²) in [5, 5.41) is 0. The summed E-state index contributed by atoms with van der Waals surface area (Å²) in [4.78, 5) is 2.53. The van der Waals surface area contributed by atoms with Gasteiger partial charge >= 0.3 is 0 Å². The number of benzene rings is 2. The zero-order valence-corrected chi connectivity index (χ0v) is 9.92. The van der Waals surface area contributed by atoms with E-state index < -0.39 is 0 Å². The van der Waals surface area contributed by atoms with Gasteiger partial charge in [0.15, 0.2) is 0 Å². The Morgan fingerprint density at radius 3 is 2.24 bits per heavy atom. The van der Waals surface area contributed by atoms with E-state index in [0.717, 1.165) is 6.42 Å². The van der Waals surface area contributed by atoms with Gasteiger partial charge in [0, 0.05) is 19.1 Å².